The highest BCUT2D eigenvalue weighted by atomic mass is 32.2. The summed E-state index contributed by atoms with van der Waals surface area (Å²) in [6.07, 6.45) is 6.56. The summed E-state index contributed by atoms with van der Waals surface area (Å²) in [5, 5.41) is 2.92. The van der Waals surface area contributed by atoms with Crippen LogP contribution in [0.5, 0.6) is 0 Å². The van der Waals surface area contributed by atoms with Crippen molar-refractivity contribution < 1.29 is 13.2 Å². The van der Waals surface area contributed by atoms with Crippen molar-refractivity contribution in [1.29, 1.82) is 0 Å². The van der Waals surface area contributed by atoms with Crippen LogP contribution < -0.4 is 5.32 Å². The van der Waals surface area contributed by atoms with Gasteiger partial charge in [-0.25, -0.2) is 23.4 Å². The molecule has 3 heterocycles. The van der Waals surface area contributed by atoms with E-state index < -0.39 is 10.0 Å². The van der Waals surface area contributed by atoms with E-state index in [-0.39, 0.29) is 23.6 Å². The van der Waals surface area contributed by atoms with E-state index in [9.17, 15) is 13.2 Å². The van der Waals surface area contributed by atoms with Crippen LogP contribution >= 0.6 is 11.3 Å². The van der Waals surface area contributed by atoms with E-state index in [0.29, 0.717) is 37.0 Å². The minimum absolute atomic E-state index is 0.101. The van der Waals surface area contributed by atoms with Gasteiger partial charge in [-0.1, -0.05) is 6.08 Å². The van der Waals surface area contributed by atoms with Gasteiger partial charge >= 0.3 is 0 Å². The second-order valence-corrected chi connectivity index (χ2v) is 10.8. The van der Waals surface area contributed by atoms with Gasteiger partial charge in [0.1, 0.15) is 5.84 Å². The number of amidine groups is 1. The molecule has 164 valence electrons. The lowest BCUT2D eigenvalue weighted by atomic mass is 10.0. The van der Waals surface area contributed by atoms with Crippen molar-refractivity contribution in [3.05, 3.63) is 23.3 Å². The van der Waals surface area contributed by atoms with E-state index in [1.807, 2.05) is 6.92 Å². The Morgan fingerprint density at radius 1 is 1.43 bits per heavy atom. The van der Waals surface area contributed by atoms with Crippen molar-refractivity contribution in [2.75, 3.05) is 31.5 Å². The monoisotopic (exact) mass is 452 g/mol. The number of likely N-dealkylation sites (tertiary alicyclic amines) is 1. The van der Waals surface area contributed by atoms with Crippen LogP contribution in [0.15, 0.2) is 28.5 Å². The number of nitrogens with one attached hydrogen (secondary N) is 1. The summed E-state index contributed by atoms with van der Waals surface area (Å²) in [6, 6.07) is 0. The molecule has 1 N–H and O–H groups in total. The molecule has 2 aliphatic rings. The Balaban J connectivity index is 1.62. The molecule has 30 heavy (non-hydrogen) atoms. The summed E-state index contributed by atoms with van der Waals surface area (Å²) in [6.45, 7) is 9.72. The second-order valence-electron chi connectivity index (χ2n) is 7.49. The highest BCUT2D eigenvalue weighted by Crippen LogP contribution is 2.34. The van der Waals surface area contributed by atoms with Crippen molar-refractivity contribution >= 4 is 45.0 Å². The van der Waals surface area contributed by atoms with Crippen molar-refractivity contribution in [2.24, 2.45) is 15.9 Å². The molecule has 0 aliphatic carbocycles. The third-order valence-electron chi connectivity index (χ3n) is 5.34. The van der Waals surface area contributed by atoms with E-state index >= 15 is 0 Å². The number of carbonyl (C=O) groups excluding carboxylic acids is 1. The molecule has 0 aromatic carbocycles. The third kappa shape index (κ3) is 5.39. The van der Waals surface area contributed by atoms with Gasteiger partial charge in [-0.2, -0.15) is 4.31 Å². The maximum absolute atomic E-state index is 13.1. The summed E-state index contributed by atoms with van der Waals surface area (Å²) in [7, 11) is -3.39. The number of sulfonamides is 1. The molecule has 0 spiro atoms. The Morgan fingerprint density at radius 3 is 2.90 bits per heavy atom. The second kappa shape index (κ2) is 9.90. The fourth-order valence-electron chi connectivity index (χ4n) is 3.92. The lowest BCUT2D eigenvalue weighted by Crippen LogP contribution is -2.34. The van der Waals surface area contributed by atoms with E-state index in [0.717, 1.165) is 17.8 Å². The Morgan fingerprint density at radius 2 is 2.20 bits per heavy atom. The van der Waals surface area contributed by atoms with Gasteiger partial charge in [-0.05, 0) is 45.5 Å². The van der Waals surface area contributed by atoms with Gasteiger partial charge in [-0.3, -0.25) is 9.69 Å². The minimum atomic E-state index is -3.39. The van der Waals surface area contributed by atoms with Gasteiger partial charge < -0.3 is 5.32 Å². The molecule has 2 saturated heterocycles. The van der Waals surface area contributed by atoms with E-state index in [1.165, 1.54) is 22.6 Å². The largest absolute Gasteiger partial charge is 0.302 e. The maximum Gasteiger partial charge on any atom is 0.223 e. The van der Waals surface area contributed by atoms with E-state index in [4.69, 9.17) is 0 Å². The van der Waals surface area contributed by atoms with Crippen molar-refractivity contribution in [3.8, 4) is 0 Å². The average molecular weight is 453 g/mol. The van der Waals surface area contributed by atoms with Gasteiger partial charge in [-0.15, -0.1) is 11.3 Å². The third-order valence-corrected chi connectivity index (χ3v) is 8.62. The molecule has 3 rings (SSSR count). The topological polar surface area (TPSA) is 107 Å². The Bertz CT molecular complexity index is 940. The molecule has 0 saturated carbocycles. The predicted octanol–water partition coefficient (Wildman–Crippen LogP) is 1.96. The molecule has 0 bridgehead atoms. The van der Waals surface area contributed by atoms with Crippen LogP contribution in [-0.4, -0.2) is 72.5 Å². The van der Waals surface area contributed by atoms with Crippen LogP contribution in [0, 0.1) is 5.92 Å². The zero-order chi connectivity index (χ0) is 21.7. The number of thiazole rings is 1. The first kappa shape index (κ1) is 22.7. The summed E-state index contributed by atoms with van der Waals surface area (Å²) in [5.74, 6) is 0.373. The fourth-order valence-corrected chi connectivity index (χ4v) is 7.01. The molecule has 1 aromatic rings. The lowest BCUT2D eigenvalue weighted by molar-refractivity contribution is -0.114. The highest BCUT2D eigenvalue weighted by molar-refractivity contribution is 7.90. The summed E-state index contributed by atoms with van der Waals surface area (Å²) < 4.78 is 27.7. The molecule has 11 heteroatoms. The first-order valence-electron chi connectivity index (χ1n) is 9.91. The van der Waals surface area contributed by atoms with Crippen LogP contribution in [0.2, 0.25) is 0 Å². The zero-order valence-corrected chi connectivity index (χ0v) is 19.0. The highest BCUT2D eigenvalue weighted by Gasteiger charge is 2.47. The number of amides is 1. The van der Waals surface area contributed by atoms with E-state index in [1.54, 1.807) is 18.5 Å². The SMILES string of the molecule is C=NC(CN1CC2CCN(Cc3cnc(NC(C)=O)s3)CCC2S1(=O)=O)=N/C=C\C. The number of anilines is 1. The standard InChI is InChI=1S/C19H28N6O3S2/c1-4-7-21-18(20-3)13-25-11-15-5-8-24(9-6-17(15)30(25,27)28)12-16-10-22-19(29-16)23-14(2)26/h4,7,10,15,17H,3,5-6,8-9,11-13H2,1-2H3,(H,22,23,26)/b7-4-,21-18?. The summed E-state index contributed by atoms with van der Waals surface area (Å²) in [4.78, 5) is 26.7. The van der Waals surface area contributed by atoms with Crippen LogP contribution in [-0.2, 0) is 21.4 Å². The molecule has 2 aliphatic heterocycles. The van der Waals surface area contributed by atoms with Gasteiger partial charge in [0.05, 0.1) is 11.8 Å². The molecular formula is C19H28N6O3S2. The number of rotatable bonds is 6. The Labute approximate surface area is 181 Å². The van der Waals surface area contributed by atoms with Crippen LogP contribution in [0.3, 0.4) is 0 Å². The normalized spacial score (nSPS) is 25.2. The summed E-state index contributed by atoms with van der Waals surface area (Å²) in [5.41, 5.74) is 0. The molecule has 1 aromatic heterocycles. The number of fused-ring (bicyclic) bond motifs is 1. The van der Waals surface area contributed by atoms with Gasteiger partial charge in [0.25, 0.3) is 0 Å². The molecule has 2 atom stereocenters. The van der Waals surface area contributed by atoms with Crippen molar-refractivity contribution in [2.45, 2.75) is 38.5 Å². The van der Waals surface area contributed by atoms with Crippen LogP contribution in [0.1, 0.15) is 31.6 Å². The fraction of sp³-hybridized carbons (Fsp3) is 0.579. The van der Waals surface area contributed by atoms with Gasteiger partial charge in [0, 0.05) is 37.3 Å². The first-order chi connectivity index (χ1) is 14.3. The number of aromatic nitrogens is 1. The van der Waals surface area contributed by atoms with Gasteiger partial charge in [0.2, 0.25) is 15.9 Å². The summed E-state index contributed by atoms with van der Waals surface area (Å²) >= 11 is 1.45. The number of hydrogen-bond acceptors (Lipinski definition) is 7. The first-order valence-corrected chi connectivity index (χ1v) is 12.2. The predicted molar refractivity (Wildman–Crippen MR) is 120 cm³/mol. The maximum atomic E-state index is 13.1. The average Bonchev–Trinajstić information content (AvgIpc) is 3.13. The number of hydrogen-bond donors (Lipinski definition) is 1. The number of carbonyl (C=O) groups is 1. The van der Waals surface area contributed by atoms with Gasteiger partial charge in [0.15, 0.2) is 5.13 Å². The quantitative estimate of drug-likeness (QED) is 0.524. The van der Waals surface area contributed by atoms with Crippen LogP contribution in [0.25, 0.3) is 0 Å². The van der Waals surface area contributed by atoms with Crippen molar-refractivity contribution in [3.63, 3.8) is 0 Å². The molecule has 0 radical (unpaired) electrons. The molecule has 2 fully saturated rings. The number of nitrogens with zero attached hydrogens (tertiary/aromatic N) is 5. The Hall–Kier alpha value is -1.95. The van der Waals surface area contributed by atoms with Crippen LogP contribution in [0.4, 0.5) is 5.13 Å². The smallest absolute Gasteiger partial charge is 0.223 e. The van der Waals surface area contributed by atoms with Crippen molar-refractivity contribution in [1.82, 2.24) is 14.2 Å². The molecule has 2 unspecified atom stereocenters. The lowest BCUT2D eigenvalue weighted by Gasteiger charge is -2.21. The van der Waals surface area contributed by atoms with E-state index in [2.05, 4.69) is 31.9 Å². The number of allylic oxidation sites excluding steroid dienone is 1. The molecular weight excluding hydrogens is 424 g/mol. The molecule has 9 nitrogen and oxygen atoms in total. The molecule has 1 amide bonds. The Kier molecular flexibility index (Phi) is 7.50. The number of aliphatic imine (C=N–C) groups is 2. The minimum Gasteiger partial charge on any atom is -0.302 e. The zero-order valence-electron chi connectivity index (χ0n) is 17.3.